The molecule has 0 saturated heterocycles. The van der Waals surface area contributed by atoms with Crippen LogP contribution in [0.3, 0.4) is 0 Å². The van der Waals surface area contributed by atoms with Crippen LogP contribution < -0.4 is 14.4 Å². The molecule has 0 bridgehead atoms. The summed E-state index contributed by atoms with van der Waals surface area (Å²) in [6.07, 6.45) is 5.58. The maximum atomic E-state index is 5.90. The average Bonchev–Trinajstić information content (AvgIpc) is 3.58. The van der Waals surface area contributed by atoms with Crippen molar-refractivity contribution in [2.45, 2.75) is 26.3 Å². The standard InChI is InChI=1S/C34H36N4O4/c1-39-33-11-4-8-28(20-33)24-37(23-27-7-3-10-32(19-27)38-16-6-14-36-38)31-13-15-35-30(22-31)26-42-18-17-41-25-29-9-5-12-34(21-29)40-2/h3-16,19-22H,17-18,23-26H2,1-2H3. The van der Waals surface area contributed by atoms with Crippen LogP contribution in [0.15, 0.2) is 110 Å². The fraction of sp³-hybridized carbons (Fsp3) is 0.235. The Balaban J connectivity index is 1.24. The first-order chi connectivity index (χ1) is 20.7. The number of hydrogen-bond donors (Lipinski definition) is 0. The summed E-state index contributed by atoms with van der Waals surface area (Å²) in [5, 5.41) is 4.39. The third kappa shape index (κ3) is 8.19. The van der Waals surface area contributed by atoms with Crippen LogP contribution in [0.25, 0.3) is 5.69 Å². The number of methoxy groups -OCH3 is 2. The van der Waals surface area contributed by atoms with Crippen LogP contribution in [0.2, 0.25) is 0 Å². The second kappa shape index (κ2) is 14.8. The van der Waals surface area contributed by atoms with Gasteiger partial charge >= 0.3 is 0 Å². The molecular formula is C34H36N4O4. The molecule has 0 fully saturated rings. The molecule has 8 nitrogen and oxygen atoms in total. The Morgan fingerprint density at radius 1 is 0.667 bits per heavy atom. The van der Waals surface area contributed by atoms with E-state index in [1.165, 1.54) is 5.56 Å². The van der Waals surface area contributed by atoms with Gasteiger partial charge in [-0.05, 0) is 71.3 Å². The quantitative estimate of drug-likeness (QED) is 0.140. The molecule has 2 heterocycles. The zero-order valence-corrected chi connectivity index (χ0v) is 24.1. The largest absolute Gasteiger partial charge is 0.497 e. The lowest BCUT2D eigenvalue weighted by Crippen LogP contribution is -2.22. The van der Waals surface area contributed by atoms with Gasteiger partial charge in [-0.25, -0.2) is 4.68 Å². The minimum atomic E-state index is 0.401. The summed E-state index contributed by atoms with van der Waals surface area (Å²) in [6.45, 7) is 3.28. The van der Waals surface area contributed by atoms with Crippen LogP contribution in [0.5, 0.6) is 11.5 Å². The lowest BCUT2D eigenvalue weighted by molar-refractivity contribution is 0.0328. The smallest absolute Gasteiger partial charge is 0.119 e. The predicted molar refractivity (Wildman–Crippen MR) is 163 cm³/mol. The van der Waals surface area contributed by atoms with Gasteiger partial charge in [0.2, 0.25) is 0 Å². The summed E-state index contributed by atoms with van der Waals surface area (Å²) in [5.41, 5.74) is 6.34. The maximum Gasteiger partial charge on any atom is 0.119 e. The van der Waals surface area contributed by atoms with Crippen LogP contribution in [0.4, 0.5) is 5.69 Å². The van der Waals surface area contributed by atoms with Crippen molar-refractivity contribution >= 4 is 5.69 Å². The normalized spacial score (nSPS) is 10.9. The molecule has 0 aliphatic carbocycles. The van der Waals surface area contributed by atoms with E-state index in [1.807, 2.05) is 65.6 Å². The summed E-state index contributed by atoms with van der Waals surface area (Å²) in [4.78, 5) is 6.89. The molecule has 0 amide bonds. The van der Waals surface area contributed by atoms with E-state index < -0.39 is 0 Å². The summed E-state index contributed by atoms with van der Waals surface area (Å²) >= 11 is 0. The average molecular weight is 565 g/mol. The van der Waals surface area contributed by atoms with Crippen molar-refractivity contribution in [1.82, 2.24) is 14.8 Å². The highest BCUT2D eigenvalue weighted by Crippen LogP contribution is 2.24. The van der Waals surface area contributed by atoms with E-state index in [1.54, 1.807) is 20.4 Å². The Morgan fingerprint density at radius 3 is 2.05 bits per heavy atom. The van der Waals surface area contributed by atoms with Gasteiger partial charge in [0, 0.05) is 37.4 Å². The van der Waals surface area contributed by atoms with Crippen molar-refractivity contribution in [3.8, 4) is 17.2 Å². The van der Waals surface area contributed by atoms with E-state index >= 15 is 0 Å². The first-order valence-corrected chi connectivity index (χ1v) is 13.9. The van der Waals surface area contributed by atoms with Crippen molar-refractivity contribution in [1.29, 1.82) is 0 Å². The van der Waals surface area contributed by atoms with Crippen LogP contribution in [-0.2, 0) is 35.8 Å². The number of pyridine rings is 1. The van der Waals surface area contributed by atoms with Gasteiger partial charge in [-0.3, -0.25) is 4.98 Å². The second-order valence-electron chi connectivity index (χ2n) is 9.79. The Bertz CT molecular complexity index is 1540. The topological polar surface area (TPSA) is 70.9 Å². The van der Waals surface area contributed by atoms with Crippen molar-refractivity contribution in [3.05, 3.63) is 132 Å². The van der Waals surface area contributed by atoms with Gasteiger partial charge in [0.05, 0.1) is 52.0 Å². The fourth-order valence-corrected chi connectivity index (χ4v) is 4.66. The monoisotopic (exact) mass is 564 g/mol. The van der Waals surface area contributed by atoms with Gasteiger partial charge in [0.1, 0.15) is 11.5 Å². The Morgan fingerprint density at radius 2 is 1.33 bits per heavy atom. The number of hydrogen-bond acceptors (Lipinski definition) is 7. The number of nitrogens with zero attached hydrogens (tertiary/aromatic N) is 4. The highest BCUT2D eigenvalue weighted by Gasteiger charge is 2.12. The van der Waals surface area contributed by atoms with Gasteiger partial charge in [0.15, 0.2) is 0 Å². The molecule has 0 atom stereocenters. The van der Waals surface area contributed by atoms with Crippen LogP contribution >= 0.6 is 0 Å². The third-order valence-corrected chi connectivity index (χ3v) is 6.75. The highest BCUT2D eigenvalue weighted by atomic mass is 16.5. The number of benzene rings is 3. The second-order valence-corrected chi connectivity index (χ2v) is 9.79. The van der Waals surface area contributed by atoms with E-state index in [-0.39, 0.29) is 0 Å². The SMILES string of the molecule is COc1cccc(COCCOCc2cc(N(Cc3cccc(OC)c3)Cc3cccc(-n4cccn4)c3)ccn2)c1. The molecule has 8 heteroatoms. The van der Waals surface area contributed by atoms with Gasteiger partial charge in [-0.1, -0.05) is 36.4 Å². The molecule has 0 radical (unpaired) electrons. The molecule has 0 aliphatic rings. The molecule has 0 saturated carbocycles. The van der Waals surface area contributed by atoms with E-state index in [9.17, 15) is 0 Å². The fourth-order valence-electron chi connectivity index (χ4n) is 4.66. The number of aromatic nitrogens is 3. The number of anilines is 1. The third-order valence-electron chi connectivity index (χ3n) is 6.75. The van der Waals surface area contributed by atoms with E-state index in [4.69, 9.17) is 18.9 Å². The van der Waals surface area contributed by atoms with Crippen LogP contribution in [-0.4, -0.2) is 42.2 Å². The summed E-state index contributed by atoms with van der Waals surface area (Å²) in [7, 11) is 3.35. The van der Waals surface area contributed by atoms with E-state index in [0.717, 1.165) is 39.7 Å². The molecule has 3 aromatic carbocycles. The first kappa shape index (κ1) is 28.9. The Labute approximate surface area is 247 Å². The van der Waals surface area contributed by atoms with Crippen LogP contribution in [0, 0.1) is 0 Å². The number of rotatable bonds is 15. The lowest BCUT2D eigenvalue weighted by atomic mass is 10.1. The molecule has 0 unspecified atom stereocenters. The maximum absolute atomic E-state index is 5.90. The molecular weight excluding hydrogens is 528 g/mol. The first-order valence-electron chi connectivity index (χ1n) is 13.9. The van der Waals surface area contributed by atoms with Crippen molar-refractivity contribution in [3.63, 3.8) is 0 Å². The van der Waals surface area contributed by atoms with Gasteiger partial charge in [0.25, 0.3) is 0 Å². The minimum Gasteiger partial charge on any atom is -0.497 e. The molecule has 42 heavy (non-hydrogen) atoms. The van der Waals surface area contributed by atoms with Crippen molar-refractivity contribution in [2.75, 3.05) is 32.3 Å². The number of ether oxygens (including phenoxy) is 4. The molecule has 0 N–H and O–H groups in total. The van der Waals surface area contributed by atoms with E-state index in [2.05, 4.69) is 57.4 Å². The summed E-state index contributed by atoms with van der Waals surface area (Å²) in [6, 6.07) is 30.5. The lowest BCUT2D eigenvalue weighted by Gasteiger charge is -2.26. The molecule has 216 valence electrons. The summed E-state index contributed by atoms with van der Waals surface area (Å²) < 4.78 is 24.3. The van der Waals surface area contributed by atoms with Gasteiger partial charge < -0.3 is 23.8 Å². The molecule has 0 spiro atoms. The zero-order chi connectivity index (χ0) is 29.0. The highest BCUT2D eigenvalue weighted by molar-refractivity contribution is 5.49. The minimum absolute atomic E-state index is 0.401. The van der Waals surface area contributed by atoms with Crippen LogP contribution in [0.1, 0.15) is 22.4 Å². The van der Waals surface area contributed by atoms with Crippen molar-refractivity contribution in [2.24, 2.45) is 0 Å². The zero-order valence-electron chi connectivity index (χ0n) is 24.1. The Kier molecular flexibility index (Phi) is 10.2. The summed E-state index contributed by atoms with van der Waals surface area (Å²) in [5.74, 6) is 1.66. The Hall–Kier alpha value is -4.66. The molecule has 5 rings (SSSR count). The van der Waals surface area contributed by atoms with Crippen molar-refractivity contribution < 1.29 is 18.9 Å². The van der Waals surface area contributed by atoms with Gasteiger partial charge in [-0.2, -0.15) is 5.10 Å². The predicted octanol–water partition coefficient (Wildman–Crippen LogP) is 6.22. The molecule has 2 aromatic heterocycles. The molecule has 5 aromatic rings. The van der Waals surface area contributed by atoms with E-state index in [0.29, 0.717) is 39.5 Å². The molecule has 0 aliphatic heterocycles. The van der Waals surface area contributed by atoms with Gasteiger partial charge in [-0.15, -0.1) is 0 Å².